The van der Waals surface area contributed by atoms with Crippen molar-refractivity contribution in [3.05, 3.63) is 193 Å². The molecule has 11 rings (SSSR count). The third kappa shape index (κ3) is 4.42. The molecular weight excluding hydrogens is 637 g/mol. The van der Waals surface area contributed by atoms with Gasteiger partial charge < -0.3 is 9.47 Å². The summed E-state index contributed by atoms with van der Waals surface area (Å²) in [5.41, 5.74) is 12.5. The van der Waals surface area contributed by atoms with Crippen molar-refractivity contribution in [1.82, 2.24) is 4.57 Å². The van der Waals surface area contributed by atoms with Crippen LogP contribution in [0.2, 0.25) is 0 Å². The van der Waals surface area contributed by atoms with Gasteiger partial charge in [0.1, 0.15) is 0 Å². The fraction of sp³-hybridized carbons (Fsp3) is 0.0417. The van der Waals surface area contributed by atoms with Gasteiger partial charge in [0, 0.05) is 53.9 Å². The lowest BCUT2D eigenvalue weighted by atomic mass is 9.86. The molecule has 0 bridgehead atoms. The second-order valence-corrected chi connectivity index (χ2v) is 14.8. The minimum absolute atomic E-state index is 0.185. The van der Waals surface area contributed by atoms with Gasteiger partial charge in [-0.15, -0.1) is 11.3 Å². The number of fused-ring (bicyclic) bond motifs is 9. The van der Waals surface area contributed by atoms with Gasteiger partial charge >= 0.3 is 0 Å². The van der Waals surface area contributed by atoms with Gasteiger partial charge in [0.05, 0.1) is 17.1 Å². The molecule has 2 unspecified atom stereocenters. The molecule has 0 saturated carbocycles. The Morgan fingerprint density at radius 2 is 1.16 bits per heavy atom. The van der Waals surface area contributed by atoms with Crippen LogP contribution in [-0.4, -0.2) is 10.6 Å². The maximum Gasteiger partial charge on any atom is 0.0635 e. The van der Waals surface area contributed by atoms with Crippen LogP contribution in [0, 0.1) is 0 Å². The van der Waals surface area contributed by atoms with Gasteiger partial charge in [-0.25, -0.2) is 0 Å². The largest absolute Gasteiger partial charge is 0.333 e. The van der Waals surface area contributed by atoms with Crippen molar-refractivity contribution in [1.29, 1.82) is 0 Å². The molecule has 2 nitrogen and oxygen atoms in total. The first-order valence-corrected chi connectivity index (χ1v) is 18.5. The van der Waals surface area contributed by atoms with Crippen molar-refractivity contribution in [2.75, 3.05) is 4.90 Å². The van der Waals surface area contributed by atoms with Gasteiger partial charge in [-0.2, -0.15) is 0 Å². The number of thiophene rings is 1. The summed E-state index contributed by atoms with van der Waals surface area (Å²) < 4.78 is 5.08. The predicted molar refractivity (Wildman–Crippen MR) is 218 cm³/mol. The smallest absolute Gasteiger partial charge is 0.0635 e. The summed E-state index contributed by atoms with van der Waals surface area (Å²) in [7, 11) is 0. The third-order valence-electron chi connectivity index (χ3n) is 10.9. The first-order chi connectivity index (χ1) is 25.3. The Hall–Kier alpha value is -6.16. The van der Waals surface area contributed by atoms with Crippen LogP contribution in [0.3, 0.4) is 0 Å². The topological polar surface area (TPSA) is 8.17 Å². The molecule has 3 heterocycles. The van der Waals surface area contributed by atoms with Gasteiger partial charge in [-0.1, -0.05) is 121 Å². The molecule has 240 valence electrons. The molecule has 2 aromatic heterocycles. The van der Waals surface area contributed by atoms with Crippen LogP contribution in [-0.2, 0) is 0 Å². The summed E-state index contributed by atoms with van der Waals surface area (Å²) in [4.78, 5) is 2.57. The normalized spacial score (nSPS) is 16.6. The van der Waals surface area contributed by atoms with E-state index in [4.69, 9.17) is 0 Å². The molecule has 1 aliphatic carbocycles. The van der Waals surface area contributed by atoms with Crippen LogP contribution in [0.1, 0.15) is 17.0 Å². The van der Waals surface area contributed by atoms with E-state index in [0.717, 1.165) is 0 Å². The molecule has 2 atom stereocenters. The Morgan fingerprint density at radius 3 is 2.06 bits per heavy atom. The molecular formula is C48H32N2S. The van der Waals surface area contributed by atoms with Crippen LogP contribution >= 0.6 is 11.3 Å². The van der Waals surface area contributed by atoms with E-state index in [1.54, 1.807) is 0 Å². The lowest BCUT2D eigenvalue weighted by molar-refractivity contribution is 0.747. The molecule has 0 spiro atoms. The van der Waals surface area contributed by atoms with Crippen molar-refractivity contribution in [2.45, 2.75) is 12.0 Å². The van der Waals surface area contributed by atoms with E-state index in [-0.39, 0.29) is 6.04 Å². The first-order valence-electron chi connectivity index (χ1n) is 17.7. The summed E-state index contributed by atoms with van der Waals surface area (Å²) in [5, 5.41) is 5.21. The highest BCUT2D eigenvalue weighted by Gasteiger charge is 2.38. The number of hydrogen-bond acceptors (Lipinski definition) is 2. The summed E-state index contributed by atoms with van der Waals surface area (Å²) in [6, 6.07) is 60.3. The highest BCUT2D eigenvalue weighted by molar-refractivity contribution is 7.25. The number of rotatable bonds is 4. The molecule has 51 heavy (non-hydrogen) atoms. The minimum atomic E-state index is 0.185. The van der Waals surface area contributed by atoms with Gasteiger partial charge in [-0.3, -0.25) is 0 Å². The van der Waals surface area contributed by atoms with Crippen molar-refractivity contribution >= 4 is 70.3 Å². The minimum Gasteiger partial charge on any atom is -0.333 e. The fourth-order valence-electron chi connectivity index (χ4n) is 8.57. The molecule has 1 aliphatic heterocycles. The second-order valence-electron chi connectivity index (χ2n) is 13.7. The van der Waals surface area contributed by atoms with Gasteiger partial charge in [-0.05, 0) is 88.5 Å². The molecule has 0 N–H and O–H groups in total. The van der Waals surface area contributed by atoms with Crippen LogP contribution in [0.15, 0.2) is 182 Å². The Kier molecular flexibility index (Phi) is 6.28. The molecule has 0 amide bonds. The van der Waals surface area contributed by atoms with E-state index in [0.29, 0.717) is 5.92 Å². The van der Waals surface area contributed by atoms with Crippen molar-refractivity contribution in [3.63, 3.8) is 0 Å². The van der Waals surface area contributed by atoms with Gasteiger partial charge in [0.2, 0.25) is 0 Å². The Balaban J connectivity index is 1.02. The SMILES string of the molecule is C1=CC2c3ccccc3N(c3ccc4sc5ccccc5c4c3)C2C=C1c1ccc2c(c1)c1ccccc1n2-c1ccc(-c2ccccc2)cc1. The van der Waals surface area contributed by atoms with Crippen molar-refractivity contribution < 1.29 is 0 Å². The maximum absolute atomic E-state index is 2.57. The zero-order valence-corrected chi connectivity index (χ0v) is 28.6. The summed E-state index contributed by atoms with van der Waals surface area (Å²) >= 11 is 1.88. The van der Waals surface area contributed by atoms with E-state index in [1.165, 1.54) is 86.9 Å². The third-order valence-corrected chi connectivity index (χ3v) is 12.1. The molecule has 2 aliphatic rings. The number of aromatic nitrogens is 1. The van der Waals surface area contributed by atoms with E-state index >= 15 is 0 Å². The second kappa shape index (κ2) is 11.2. The average molecular weight is 669 g/mol. The summed E-state index contributed by atoms with van der Waals surface area (Å²) in [5.74, 6) is 0.296. The zero-order chi connectivity index (χ0) is 33.5. The number of benzene rings is 7. The van der Waals surface area contributed by atoms with Crippen LogP contribution in [0.4, 0.5) is 11.4 Å². The fourth-order valence-corrected chi connectivity index (χ4v) is 9.65. The first kappa shape index (κ1) is 28.7. The molecule has 3 heteroatoms. The van der Waals surface area contributed by atoms with Crippen LogP contribution < -0.4 is 4.90 Å². The lowest BCUT2D eigenvalue weighted by Gasteiger charge is -2.30. The number of anilines is 2. The van der Waals surface area contributed by atoms with Crippen LogP contribution in [0.5, 0.6) is 0 Å². The average Bonchev–Trinajstić information content (AvgIpc) is 3.85. The molecule has 9 aromatic rings. The standard InChI is InChI=1S/C48H32N2S/c1-2-10-31(11-3-1)32-18-22-35(23-19-32)49-44-16-8-5-13-38(44)41-28-33(21-26-45(41)49)34-20-25-39-37-12-4-7-15-43(37)50(46(39)29-34)36-24-27-48-42(30-36)40-14-6-9-17-47(40)51-48/h1-30,39,46H. The summed E-state index contributed by atoms with van der Waals surface area (Å²) in [6.07, 6.45) is 7.28. The highest BCUT2D eigenvalue weighted by Crippen LogP contribution is 2.50. The number of nitrogens with zero attached hydrogens (tertiary/aromatic N) is 2. The number of allylic oxidation sites excluding steroid dienone is 2. The lowest BCUT2D eigenvalue weighted by Crippen LogP contribution is -2.29. The Labute approximate surface area is 300 Å². The monoisotopic (exact) mass is 668 g/mol. The van der Waals surface area contributed by atoms with Gasteiger partial charge in [0.15, 0.2) is 0 Å². The molecule has 7 aromatic carbocycles. The van der Waals surface area contributed by atoms with E-state index < -0.39 is 0 Å². The van der Waals surface area contributed by atoms with Crippen molar-refractivity contribution in [3.8, 4) is 16.8 Å². The maximum atomic E-state index is 2.57. The number of hydrogen-bond donors (Lipinski definition) is 0. The van der Waals surface area contributed by atoms with E-state index in [1.807, 2.05) is 11.3 Å². The van der Waals surface area contributed by atoms with E-state index in [9.17, 15) is 0 Å². The van der Waals surface area contributed by atoms with Crippen LogP contribution in [0.25, 0.3) is 64.4 Å². The molecule has 0 fully saturated rings. The molecule has 0 saturated heterocycles. The summed E-state index contributed by atoms with van der Waals surface area (Å²) in [6.45, 7) is 0. The van der Waals surface area contributed by atoms with Crippen molar-refractivity contribution in [2.24, 2.45) is 0 Å². The predicted octanol–water partition coefficient (Wildman–Crippen LogP) is 13.1. The zero-order valence-electron chi connectivity index (χ0n) is 27.8. The number of para-hydroxylation sites is 2. The van der Waals surface area contributed by atoms with E-state index in [2.05, 4.69) is 191 Å². The van der Waals surface area contributed by atoms with Gasteiger partial charge in [0.25, 0.3) is 0 Å². The molecule has 0 radical (unpaired) electrons. The quantitative estimate of drug-likeness (QED) is 0.181. The Morgan fingerprint density at radius 1 is 0.471 bits per heavy atom. The Bertz CT molecular complexity index is 2870. The highest BCUT2D eigenvalue weighted by atomic mass is 32.1.